The van der Waals surface area contributed by atoms with Gasteiger partial charge >= 0.3 is 0 Å². The standard InChI is InChI=1S/C19H36O2S/c1-3-5-7-8-9-10-11-12-13-14-16-22-19(21)18(17-20)15-6-4-2/h17-18H,3-16H2,1-2H3. The van der Waals surface area contributed by atoms with Gasteiger partial charge in [-0.05, 0) is 12.8 Å². The van der Waals surface area contributed by atoms with Crippen LogP contribution in [0.2, 0.25) is 0 Å². The number of hydrogen-bond donors (Lipinski definition) is 0. The second-order valence-corrected chi connectivity index (χ2v) is 7.33. The van der Waals surface area contributed by atoms with Crippen LogP contribution in [0.25, 0.3) is 0 Å². The number of hydrogen-bond acceptors (Lipinski definition) is 3. The monoisotopic (exact) mass is 328 g/mol. The van der Waals surface area contributed by atoms with Crippen molar-refractivity contribution in [3.63, 3.8) is 0 Å². The first-order valence-corrected chi connectivity index (χ1v) is 10.4. The normalized spacial score (nSPS) is 12.3. The molecule has 0 aliphatic heterocycles. The molecule has 2 nitrogen and oxygen atoms in total. The van der Waals surface area contributed by atoms with Crippen molar-refractivity contribution in [3.05, 3.63) is 0 Å². The quantitative estimate of drug-likeness (QED) is 0.193. The summed E-state index contributed by atoms with van der Waals surface area (Å²) in [7, 11) is 0. The predicted molar refractivity (Wildman–Crippen MR) is 98.4 cm³/mol. The average Bonchev–Trinajstić information content (AvgIpc) is 2.53. The molecular formula is C19H36O2S. The third kappa shape index (κ3) is 13.4. The van der Waals surface area contributed by atoms with Crippen LogP contribution in [-0.4, -0.2) is 17.2 Å². The number of aldehydes is 1. The van der Waals surface area contributed by atoms with Crippen LogP contribution in [0.5, 0.6) is 0 Å². The molecule has 0 aromatic carbocycles. The number of carbonyl (C=O) groups excluding carboxylic acids is 2. The van der Waals surface area contributed by atoms with E-state index in [4.69, 9.17) is 0 Å². The molecule has 0 fully saturated rings. The van der Waals surface area contributed by atoms with Crippen LogP contribution in [-0.2, 0) is 9.59 Å². The van der Waals surface area contributed by atoms with Gasteiger partial charge in [0.15, 0.2) is 5.12 Å². The molecule has 22 heavy (non-hydrogen) atoms. The maximum Gasteiger partial charge on any atom is 0.199 e. The highest BCUT2D eigenvalue weighted by Gasteiger charge is 2.16. The molecular weight excluding hydrogens is 292 g/mol. The lowest BCUT2D eigenvalue weighted by Gasteiger charge is -2.07. The van der Waals surface area contributed by atoms with Gasteiger partial charge in [0.1, 0.15) is 6.29 Å². The summed E-state index contributed by atoms with van der Waals surface area (Å²) < 4.78 is 0. The Morgan fingerprint density at radius 3 is 1.82 bits per heavy atom. The summed E-state index contributed by atoms with van der Waals surface area (Å²) in [6.07, 6.45) is 16.7. The third-order valence-electron chi connectivity index (χ3n) is 4.08. The minimum Gasteiger partial charge on any atom is -0.303 e. The third-order valence-corrected chi connectivity index (χ3v) is 5.16. The van der Waals surface area contributed by atoms with Gasteiger partial charge in [-0.15, -0.1) is 0 Å². The van der Waals surface area contributed by atoms with Gasteiger partial charge in [-0.1, -0.05) is 96.2 Å². The number of unbranched alkanes of at least 4 members (excludes halogenated alkanes) is 10. The summed E-state index contributed by atoms with van der Waals surface area (Å²) in [6.45, 7) is 4.34. The molecule has 0 saturated heterocycles. The van der Waals surface area contributed by atoms with Crippen LogP contribution in [0.1, 0.15) is 97.3 Å². The van der Waals surface area contributed by atoms with Crippen LogP contribution in [0.15, 0.2) is 0 Å². The second kappa shape index (κ2) is 17.1. The van der Waals surface area contributed by atoms with Crippen molar-refractivity contribution in [2.24, 2.45) is 5.92 Å². The van der Waals surface area contributed by atoms with Gasteiger partial charge < -0.3 is 4.79 Å². The van der Waals surface area contributed by atoms with E-state index in [1.807, 2.05) is 0 Å². The van der Waals surface area contributed by atoms with Crippen LogP contribution in [0, 0.1) is 5.92 Å². The highest BCUT2D eigenvalue weighted by atomic mass is 32.2. The van der Waals surface area contributed by atoms with Crippen molar-refractivity contribution in [2.45, 2.75) is 97.3 Å². The summed E-state index contributed by atoms with van der Waals surface area (Å²) in [5, 5.41) is 0.0828. The molecule has 0 saturated carbocycles. The lowest BCUT2D eigenvalue weighted by molar-refractivity contribution is -0.121. The molecule has 1 atom stereocenters. The van der Waals surface area contributed by atoms with E-state index in [0.29, 0.717) is 0 Å². The second-order valence-electron chi connectivity index (χ2n) is 6.23. The molecule has 0 aromatic heterocycles. The number of thioether (sulfide) groups is 1. The van der Waals surface area contributed by atoms with Crippen molar-refractivity contribution in [1.82, 2.24) is 0 Å². The summed E-state index contributed by atoms with van der Waals surface area (Å²) >= 11 is 1.37. The zero-order valence-corrected chi connectivity index (χ0v) is 15.6. The fourth-order valence-corrected chi connectivity index (χ4v) is 3.47. The molecule has 0 aliphatic rings. The van der Waals surface area contributed by atoms with Crippen molar-refractivity contribution in [2.75, 3.05) is 5.75 Å². The van der Waals surface area contributed by atoms with Crippen molar-refractivity contribution < 1.29 is 9.59 Å². The first-order valence-electron chi connectivity index (χ1n) is 9.38. The largest absolute Gasteiger partial charge is 0.303 e. The Kier molecular flexibility index (Phi) is 16.8. The van der Waals surface area contributed by atoms with E-state index in [-0.39, 0.29) is 11.0 Å². The summed E-state index contributed by atoms with van der Waals surface area (Å²) in [5.41, 5.74) is 0. The summed E-state index contributed by atoms with van der Waals surface area (Å²) in [4.78, 5) is 22.8. The van der Waals surface area contributed by atoms with Gasteiger partial charge in [-0.3, -0.25) is 4.79 Å². The number of rotatable bonds is 16. The lowest BCUT2D eigenvalue weighted by Crippen LogP contribution is -2.13. The van der Waals surface area contributed by atoms with E-state index >= 15 is 0 Å². The van der Waals surface area contributed by atoms with Gasteiger partial charge in [0.05, 0.1) is 5.92 Å². The van der Waals surface area contributed by atoms with Crippen LogP contribution in [0.3, 0.4) is 0 Å². The zero-order valence-electron chi connectivity index (χ0n) is 14.8. The number of carbonyl (C=O) groups is 2. The van der Waals surface area contributed by atoms with E-state index in [2.05, 4.69) is 13.8 Å². The topological polar surface area (TPSA) is 34.1 Å². The van der Waals surface area contributed by atoms with E-state index in [9.17, 15) is 9.59 Å². The molecule has 130 valence electrons. The van der Waals surface area contributed by atoms with E-state index in [1.165, 1.54) is 69.5 Å². The Morgan fingerprint density at radius 1 is 0.818 bits per heavy atom. The van der Waals surface area contributed by atoms with Gasteiger partial charge in [-0.25, -0.2) is 0 Å². The Bertz CT molecular complexity index is 266. The Labute approximate surface area is 142 Å². The van der Waals surface area contributed by atoms with Gasteiger partial charge in [-0.2, -0.15) is 0 Å². The van der Waals surface area contributed by atoms with E-state index in [0.717, 1.165) is 37.7 Å². The molecule has 3 heteroatoms. The molecule has 0 radical (unpaired) electrons. The summed E-state index contributed by atoms with van der Waals surface area (Å²) in [6, 6.07) is 0. The van der Waals surface area contributed by atoms with Crippen molar-refractivity contribution >= 4 is 23.2 Å². The predicted octanol–water partition coefficient (Wildman–Crippen LogP) is 6.17. The molecule has 0 rings (SSSR count). The SMILES string of the molecule is CCCCCCCCCCCCSC(=O)C(C=O)CCCC. The van der Waals surface area contributed by atoms with Crippen molar-refractivity contribution in [3.8, 4) is 0 Å². The maximum atomic E-state index is 11.9. The maximum absolute atomic E-state index is 11.9. The minimum absolute atomic E-state index is 0.0828. The van der Waals surface area contributed by atoms with Crippen LogP contribution in [0.4, 0.5) is 0 Å². The Balaban J connectivity index is 3.37. The highest BCUT2D eigenvalue weighted by Crippen LogP contribution is 2.18. The van der Waals surface area contributed by atoms with Gasteiger partial charge in [0.25, 0.3) is 0 Å². The first-order chi connectivity index (χ1) is 10.8. The highest BCUT2D eigenvalue weighted by molar-refractivity contribution is 8.13. The summed E-state index contributed by atoms with van der Waals surface area (Å²) in [5.74, 6) is 0.513. The van der Waals surface area contributed by atoms with Gasteiger partial charge in [0, 0.05) is 5.75 Å². The lowest BCUT2D eigenvalue weighted by atomic mass is 10.1. The smallest absolute Gasteiger partial charge is 0.199 e. The molecule has 0 aromatic rings. The average molecular weight is 329 g/mol. The van der Waals surface area contributed by atoms with E-state index in [1.54, 1.807) is 0 Å². The Hall–Kier alpha value is -0.310. The fourth-order valence-electron chi connectivity index (χ4n) is 2.53. The van der Waals surface area contributed by atoms with E-state index < -0.39 is 0 Å². The fraction of sp³-hybridized carbons (Fsp3) is 0.895. The van der Waals surface area contributed by atoms with Crippen molar-refractivity contribution in [1.29, 1.82) is 0 Å². The van der Waals surface area contributed by atoms with Gasteiger partial charge in [0.2, 0.25) is 0 Å². The Morgan fingerprint density at radius 2 is 1.32 bits per heavy atom. The molecule has 0 spiro atoms. The molecule has 0 amide bonds. The first kappa shape index (κ1) is 21.7. The molecule has 0 aliphatic carbocycles. The minimum atomic E-state index is -0.368. The molecule has 0 N–H and O–H groups in total. The molecule has 0 heterocycles. The zero-order chi connectivity index (χ0) is 16.5. The molecule has 0 bridgehead atoms. The van der Waals surface area contributed by atoms with Crippen LogP contribution >= 0.6 is 11.8 Å². The van der Waals surface area contributed by atoms with Crippen LogP contribution < -0.4 is 0 Å². The molecule has 1 unspecified atom stereocenters.